The molecule has 4 aliphatic heterocycles. The fourth-order valence-corrected chi connectivity index (χ4v) is 14.7. The molecule has 7 N–H and O–H groups in total. The SMILES string of the molecule is CC[C@@]1(O)C(=O)OCc2c1cc1n(c2=O)Cc2c-1nc1cc(F)c(C)c3c1c2C(NC(=O)C(C)NC(=O)C(C)NC(=O)C(C)NC(=O)CCOCCOCCC(=O)N1CCC2(CCC(C(=O)NCCC(=O)N4Cc5ccccc5-c5n[nH]nc5-c5ccccc54)CC2)CC1)CC3. The van der Waals surface area contributed by atoms with Crippen molar-refractivity contribution in [3.63, 3.8) is 0 Å². The Balaban J connectivity index is 0.520. The van der Waals surface area contributed by atoms with Gasteiger partial charge in [-0.05, 0) is 125 Å². The van der Waals surface area contributed by atoms with Crippen LogP contribution in [0.25, 0.3) is 44.8 Å². The predicted octanol–water partition coefficient (Wildman–Crippen LogP) is 5.26. The van der Waals surface area contributed by atoms with Gasteiger partial charge in [0.05, 0.1) is 80.1 Å². The van der Waals surface area contributed by atoms with E-state index in [1.165, 1.54) is 31.4 Å². The molecule has 1 saturated carbocycles. The smallest absolute Gasteiger partial charge is 0.343 e. The van der Waals surface area contributed by atoms with E-state index in [9.17, 15) is 48.3 Å². The minimum Gasteiger partial charge on any atom is -0.458 e. The molecular formula is C70H81FN12O13. The van der Waals surface area contributed by atoms with Crippen LogP contribution in [-0.4, -0.2) is 146 Å². The van der Waals surface area contributed by atoms with Crippen LogP contribution in [0, 0.1) is 24.1 Å². The first-order valence-corrected chi connectivity index (χ1v) is 33.3. The summed E-state index contributed by atoms with van der Waals surface area (Å²) >= 11 is 0. The van der Waals surface area contributed by atoms with Crippen LogP contribution in [0.4, 0.5) is 10.1 Å². The number of anilines is 1. The number of nitrogens with zero attached hydrogens (tertiary/aromatic N) is 6. The zero-order chi connectivity index (χ0) is 67.7. The summed E-state index contributed by atoms with van der Waals surface area (Å²) in [6.45, 7) is 9.92. The van der Waals surface area contributed by atoms with Crippen molar-refractivity contribution in [2.75, 3.05) is 51.0 Å². The van der Waals surface area contributed by atoms with Crippen LogP contribution in [0.2, 0.25) is 0 Å². The quantitative estimate of drug-likeness (QED) is 0.0356. The number of ether oxygens (including phenoxy) is 3. The molecule has 6 aliphatic rings. The number of carbonyl (C=O) groups is 8. The second kappa shape index (κ2) is 27.8. The number of halogens is 1. The fourth-order valence-electron chi connectivity index (χ4n) is 14.7. The second-order valence-electron chi connectivity index (χ2n) is 26.3. The fraction of sp³-hybridized carbons (Fsp3) is 0.486. The van der Waals surface area contributed by atoms with Gasteiger partial charge in [0.15, 0.2) is 5.60 Å². The third-order valence-electron chi connectivity index (χ3n) is 20.4. The van der Waals surface area contributed by atoms with E-state index >= 15 is 4.39 Å². The Morgan fingerprint density at radius 3 is 2.12 bits per heavy atom. The van der Waals surface area contributed by atoms with Crippen molar-refractivity contribution in [1.82, 2.24) is 56.4 Å². The number of aromatic nitrogens is 5. The zero-order valence-corrected chi connectivity index (χ0v) is 54.6. The lowest BCUT2D eigenvalue weighted by Crippen LogP contribution is -2.54. The monoisotopic (exact) mass is 1320 g/mol. The summed E-state index contributed by atoms with van der Waals surface area (Å²) in [6.07, 6.45) is 6.06. The maximum atomic E-state index is 15.5. The molecule has 4 unspecified atom stereocenters. The summed E-state index contributed by atoms with van der Waals surface area (Å²) in [6, 6.07) is 14.5. The van der Waals surface area contributed by atoms with Crippen LogP contribution in [0.15, 0.2) is 65.5 Å². The number of aliphatic hydroxyl groups is 1. The molecule has 25 nitrogen and oxygen atoms in total. The van der Waals surface area contributed by atoms with Crippen LogP contribution in [-0.2, 0) is 84.3 Å². The highest BCUT2D eigenvalue weighted by Gasteiger charge is 2.47. The number of cyclic esters (lactones) is 1. The van der Waals surface area contributed by atoms with Gasteiger partial charge in [0.1, 0.15) is 41.9 Å². The molecule has 1 spiro atoms. The van der Waals surface area contributed by atoms with Gasteiger partial charge >= 0.3 is 5.97 Å². The highest BCUT2D eigenvalue weighted by atomic mass is 19.1. The van der Waals surface area contributed by atoms with Crippen LogP contribution in [0.5, 0.6) is 0 Å². The van der Waals surface area contributed by atoms with E-state index in [0.717, 1.165) is 72.2 Å². The topological polar surface area (TPSA) is 328 Å². The van der Waals surface area contributed by atoms with Gasteiger partial charge in [-0.2, -0.15) is 15.4 Å². The number of benzene rings is 3. The Hall–Kier alpha value is -9.27. The number of hydrogen-bond acceptors (Lipinski definition) is 16. The number of piperidine rings is 1. The van der Waals surface area contributed by atoms with Gasteiger partial charge in [0.25, 0.3) is 5.56 Å². The maximum absolute atomic E-state index is 15.5. The predicted molar refractivity (Wildman–Crippen MR) is 348 cm³/mol. The third-order valence-corrected chi connectivity index (χ3v) is 20.4. The molecule has 1 saturated heterocycles. The highest BCUT2D eigenvalue weighted by Crippen LogP contribution is 2.48. The van der Waals surface area contributed by atoms with E-state index in [1.54, 1.807) is 24.8 Å². The maximum Gasteiger partial charge on any atom is 0.343 e. The molecule has 3 aromatic carbocycles. The molecule has 96 heavy (non-hydrogen) atoms. The number of nitrogens with one attached hydrogen (secondary N) is 6. The minimum absolute atomic E-state index is 0.0140. The number of carbonyl (C=O) groups excluding carboxylic acids is 8. The van der Waals surface area contributed by atoms with Crippen LogP contribution < -0.4 is 37.0 Å². The zero-order valence-electron chi connectivity index (χ0n) is 54.6. The summed E-state index contributed by atoms with van der Waals surface area (Å²) in [5.41, 5.74) is 6.05. The second-order valence-corrected chi connectivity index (χ2v) is 26.3. The van der Waals surface area contributed by atoms with Crippen molar-refractivity contribution in [1.29, 1.82) is 0 Å². The van der Waals surface area contributed by atoms with Gasteiger partial charge in [-0.3, -0.25) is 38.4 Å². The summed E-state index contributed by atoms with van der Waals surface area (Å²) < 4.78 is 33.5. The molecule has 5 atom stereocenters. The van der Waals surface area contributed by atoms with Crippen molar-refractivity contribution in [3.8, 4) is 33.9 Å². The Bertz CT molecular complexity index is 4150. The molecule has 506 valence electrons. The van der Waals surface area contributed by atoms with Gasteiger partial charge in [0.2, 0.25) is 41.4 Å². The van der Waals surface area contributed by atoms with E-state index in [-0.39, 0.29) is 112 Å². The van der Waals surface area contributed by atoms with E-state index in [0.29, 0.717) is 77.2 Å². The van der Waals surface area contributed by atoms with E-state index < -0.39 is 70.7 Å². The number of aromatic amines is 1. The molecule has 0 bridgehead atoms. The van der Waals surface area contributed by atoms with Crippen LogP contribution in [0.1, 0.15) is 143 Å². The number of aryl methyl sites for hydroxylation is 1. The number of pyridine rings is 2. The molecule has 2 aliphatic carbocycles. The Morgan fingerprint density at radius 1 is 0.750 bits per heavy atom. The normalized spacial score (nSPS) is 19.2. The van der Waals surface area contributed by atoms with Crippen molar-refractivity contribution in [3.05, 3.63) is 116 Å². The van der Waals surface area contributed by atoms with E-state index in [1.807, 2.05) is 53.4 Å². The molecule has 3 aromatic heterocycles. The Labute approximate surface area is 553 Å². The highest BCUT2D eigenvalue weighted by molar-refractivity contribution is 6.01. The number of likely N-dealkylation sites (tertiary alicyclic amines) is 1. The van der Waals surface area contributed by atoms with Crippen LogP contribution >= 0.6 is 0 Å². The van der Waals surface area contributed by atoms with Crippen molar-refractivity contribution < 1.29 is 62.1 Å². The molecule has 7 amide bonds. The van der Waals surface area contributed by atoms with E-state index in [4.69, 9.17) is 19.2 Å². The van der Waals surface area contributed by atoms with Crippen molar-refractivity contribution in [2.24, 2.45) is 11.3 Å². The molecule has 0 radical (unpaired) electrons. The van der Waals surface area contributed by atoms with Gasteiger partial charge in [-0.1, -0.05) is 49.4 Å². The lowest BCUT2D eigenvalue weighted by molar-refractivity contribution is -0.172. The summed E-state index contributed by atoms with van der Waals surface area (Å²) in [4.78, 5) is 129. The number of fused-ring (bicyclic) bond motifs is 10. The number of hydrogen-bond donors (Lipinski definition) is 7. The van der Waals surface area contributed by atoms with Gasteiger partial charge < -0.3 is 60.3 Å². The average molecular weight is 1320 g/mol. The molecule has 6 aromatic rings. The number of amides is 7. The lowest BCUT2D eigenvalue weighted by Gasteiger charge is -2.45. The lowest BCUT2D eigenvalue weighted by atomic mass is 9.65. The number of para-hydroxylation sites is 1. The van der Waals surface area contributed by atoms with Gasteiger partial charge in [-0.15, -0.1) is 0 Å². The van der Waals surface area contributed by atoms with Gasteiger partial charge in [0, 0.05) is 72.1 Å². The summed E-state index contributed by atoms with van der Waals surface area (Å²) in [7, 11) is 0. The molecule has 7 heterocycles. The van der Waals surface area contributed by atoms with Crippen LogP contribution in [0.3, 0.4) is 0 Å². The third kappa shape index (κ3) is 13.1. The number of esters is 1. The van der Waals surface area contributed by atoms with Crippen molar-refractivity contribution >= 4 is 63.9 Å². The first kappa shape index (κ1) is 66.7. The largest absolute Gasteiger partial charge is 0.458 e. The Morgan fingerprint density at radius 2 is 1.41 bits per heavy atom. The molecule has 12 rings (SSSR count). The first-order chi connectivity index (χ1) is 46.2. The molecule has 2 fully saturated rings. The number of H-pyrrole nitrogens is 1. The molecular weight excluding hydrogens is 1240 g/mol. The average Bonchev–Trinajstić information content (AvgIpc) is 1.49. The standard InChI is InChI=1S/C70H81FN12O13/c1-6-70(93)49-33-54-60-47(36-83(54)67(91)48(49)37-96-68(70)92)59-51(16-15-44-38(2)50(71)34-52(76-60)58(44)59)77-65(89)41(5)75-64(88)40(4)74-63(87)39(3)73-55(84)20-29-94-31-32-95-30-21-56(85)81-27-24-69(25-28-81)22-17-42(18-23-69)66(90)72-26-19-57(86)82-35-43-11-7-8-12-45(43)61-62(79-80-78-61)46-13-9-10-14-53(46)82/h7-14,33-34,39-42,51,93H,6,15-32,35-37H2,1-5H3,(H,72,90)(H,73,84)(H,74,87)(H,75,88)(H,77,89)(H,78,79,80)/t39?,40?,41?,51?,70-/m0/s1. The summed E-state index contributed by atoms with van der Waals surface area (Å²) in [5, 5.41) is 37.7. The van der Waals surface area contributed by atoms with E-state index in [2.05, 4.69) is 42.0 Å². The number of rotatable bonds is 21. The minimum atomic E-state index is -2.06. The van der Waals surface area contributed by atoms with Gasteiger partial charge in [-0.25, -0.2) is 14.2 Å². The first-order valence-electron chi connectivity index (χ1n) is 33.3. The van der Waals surface area contributed by atoms with Crippen molar-refractivity contribution in [2.45, 2.75) is 161 Å². The molecule has 26 heteroatoms. The Kier molecular flexibility index (Phi) is 19.3. The summed E-state index contributed by atoms with van der Waals surface area (Å²) in [5.74, 6) is -3.90.